The van der Waals surface area contributed by atoms with Crippen molar-refractivity contribution in [2.24, 2.45) is 0 Å². The predicted molar refractivity (Wildman–Crippen MR) is 95.1 cm³/mol. The number of hydrogen-bond acceptors (Lipinski definition) is 5. The molecule has 0 amide bonds. The van der Waals surface area contributed by atoms with Crippen LogP contribution in [0.25, 0.3) is 0 Å². The number of rotatable bonds is 6. The Kier molecular flexibility index (Phi) is 5.07. The van der Waals surface area contributed by atoms with E-state index in [1.807, 2.05) is 0 Å². The van der Waals surface area contributed by atoms with E-state index in [1.165, 1.54) is 30.3 Å². The van der Waals surface area contributed by atoms with Crippen molar-refractivity contribution in [3.63, 3.8) is 0 Å². The van der Waals surface area contributed by atoms with Gasteiger partial charge in [-0.15, -0.1) is 0 Å². The average molecular weight is 368 g/mol. The number of nitrogens with zero attached hydrogens (tertiary/aromatic N) is 2. The topological polar surface area (TPSA) is 95.5 Å². The normalized spacial score (nSPS) is 11.6. The van der Waals surface area contributed by atoms with Crippen molar-refractivity contribution in [1.82, 2.24) is 0 Å². The van der Waals surface area contributed by atoms with Crippen LogP contribution in [0.4, 0.5) is 15.8 Å². The summed E-state index contributed by atoms with van der Waals surface area (Å²) in [6.45, 7) is 0. The first-order chi connectivity index (χ1) is 13.0. The molecular weight excluding hydrogens is 355 g/mol. The van der Waals surface area contributed by atoms with Gasteiger partial charge >= 0.3 is 5.69 Å². The van der Waals surface area contributed by atoms with Crippen LogP contribution in [-0.4, -0.2) is 9.85 Å². The molecule has 0 saturated carbocycles. The molecule has 136 valence electrons. The summed E-state index contributed by atoms with van der Waals surface area (Å²) in [6.07, 6.45) is -0.757. The third-order valence-electron chi connectivity index (χ3n) is 3.87. The summed E-state index contributed by atoms with van der Waals surface area (Å²) in [7, 11) is 0. The van der Waals surface area contributed by atoms with Crippen LogP contribution < -0.4 is 4.74 Å². The van der Waals surface area contributed by atoms with Crippen LogP contribution in [-0.2, 0) is 0 Å². The molecular formula is C19H13FN2O5. The Labute approximate surface area is 152 Å². The molecule has 0 fully saturated rings. The summed E-state index contributed by atoms with van der Waals surface area (Å²) in [5.41, 5.74) is 0.339. The maximum Gasteiger partial charge on any atom is 0.317 e. The molecule has 3 rings (SSSR count). The van der Waals surface area contributed by atoms with Crippen molar-refractivity contribution in [1.29, 1.82) is 0 Å². The Balaban J connectivity index is 2.06. The molecule has 0 spiro atoms. The maximum atomic E-state index is 13.3. The highest BCUT2D eigenvalue weighted by Gasteiger charge is 2.25. The fraction of sp³-hybridized carbons (Fsp3) is 0.0526. The maximum absolute atomic E-state index is 13.3. The molecule has 0 heterocycles. The minimum atomic E-state index is -0.757. The van der Waals surface area contributed by atoms with Gasteiger partial charge < -0.3 is 4.74 Å². The van der Waals surface area contributed by atoms with Crippen LogP contribution in [0.1, 0.15) is 17.2 Å². The smallest absolute Gasteiger partial charge is 0.317 e. The molecule has 3 aromatic rings. The third-order valence-corrected chi connectivity index (χ3v) is 3.87. The Hall–Kier alpha value is -3.81. The lowest BCUT2D eigenvalue weighted by Gasteiger charge is -2.20. The number of hydrogen-bond donors (Lipinski definition) is 0. The quantitative estimate of drug-likeness (QED) is 0.459. The molecule has 0 radical (unpaired) electrons. The molecule has 0 aromatic heterocycles. The summed E-state index contributed by atoms with van der Waals surface area (Å²) >= 11 is 0. The van der Waals surface area contributed by atoms with E-state index in [1.54, 1.807) is 30.3 Å². The molecule has 0 bridgehead atoms. The summed E-state index contributed by atoms with van der Waals surface area (Å²) in [5, 5.41) is 22.2. The number of non-ortho nitro benzene ring substituents is 1. The van der Waals surface area contributed by atoms with E-state index in [9.17, 15) is 24.6 Å². The van der Waals surface area contributed by atoms with E-state index >= 15 is 0 Å². The fourth-order valence-corrected chi connectivity index (χ4v) is 2.58. The van der Waals surface area contributed by atoms with Crippen LogP contribution in [0.15, 0.2) is 72.8 Å². The first-order valence-electron chi connectivity index (χ1n) is 7.85. The van der Waals surface area contributed by atoms with Crippen molar-refractivity contribution in [3.8, 4) is 5.75 Å². The molecule has 0 N–H and O–H groups in total. The van der Waals surface area contributed by atoms with Gasteiger partial charge in [-0.25, -0.2) is 4.39 Å². The van der Waals surface area contributed by atoms with Crippen molar-refractivity contribution >= 4 is 11.4 Å². The molecule has 0 saturated heterocycles. The van der Waals surface area contributed by atoms with E-state index in [4.69, 9.17) is 4.74 Å². The van der Waals surface area contributed by atoms with Gasteiger partial charge in [-0.3, -0.25) is 20.2 Å². The number of nitro groups is 2. The largest absolute Gasteiger partial charge is 0.474 e. The van der Waals surface area contributed by atoms with Gasteiger partial charge in [0.2, 0.25) is 0 Å². The number of ether oxygens (including phenoxy) is 1. The van der Waals surface area contributed by atoms with E-state index in [-0.39, 0.29) is 5.75 Å². The average Bonchev–Trinajstić information content (AvgIpc) is 2.67. The van der Waals surface area contributed by atoms with Crippen LogP contribution in [0.3, 0.4) is 0 Å². The number of nitro benzene ring substituents is 2. The molecule has 27 heavy (non-hydrogen) atoms. The lowest BCUT2D eigenvalue weighted by Crippen LogP contribution is -2.10. The van der Waals surface area contributed by atoms with E-state index in [2.05, 4.69) is 0 Å². The lowest BCUT2D eigenvalue weighted by molar-refractivity contribution is -0.394. The second-order valence-electron chi connectivity index (χ2n) is 5.63. The van der Waals surface area contributed by atoms with Crippen molar-refractivity contribution in [3.05, 3.63) is 110 Å². The van der Waals surface area contributed by atoms with Gasteiger partial charge in [0.15, 0.2) is 5.75 Å². The minimum absolute atomic E-state index is 0.122. The summed E-state index contributed by atoms with van der Waals surface area (Å²) in [5.74, 6) is -0.546. The van der Waals surface area contributed by atoms with Crippen LogP contribution in [0.5, 0.6) is 5.75 Å². The zero-order valence-corrected chi connectivity index (χ0v) is 13.8. The van der Waals surface area contributed by atoms with Crippen LogP contribution >= 0.6 is 0 Å². The standard InChI is InChI=1S/C19H13FN2O5/c20-15-8-6-14(7-9-15)19(13-4-2-1-3-5-13)27-18-11-10-16(21(23)24)12-17(18)22(25)26/h1-12,19H. The molecule has 3 aromatic carbocycles. The SMILES string of the molecule is O=[N+]([O-])c1ccc(OC(c2ccccc2)c2ccc(F)cc2)c([N+](=O)[O-])c1. The van der Waals surface area contributed by atoms with Crippen LogP contribution in [0.2, 0.25) is 0 Å². The Morgan fingerprint density at radius 1 is 0.815 bits per heavy atom. The highest BCUT2D eigenvalue weighted by Crippen LogP contribution is 2.36. The van der Waals surface area contributed by atoms with E-state index in [0.717, 1.165) is 12.1 Å². The molecule has 8 heteroatoms. The van der Waals surface area contributed by atoms with Crippen molar-refractivity contribution in [2.45, 2.75) is 6.10 Å². The molecule has 0 aliphatic heterocycles. The van der Waals surface area contributed by atoms with E-state index < -0.39 is 33.1 Å². The first kappa shape index (κ1) is 18.0. The summed E-state index contributed by atoms with van der Waals surface area (Å²) in [6, 6.07) is 17.6. The van der Waals surface area contributed by atoms with Gasteiger partial charge in [-0.05, 0) is 29.3 Å². The zero-order valence-electron chi connectivity index (χ0n) is 13.8. The van der Waals surface area contributed by atoms with Crippen molar-refractivity contribution in [2.75, 3.05) is 0 Å². The zero-order chi connectivity index (χ0) is 19.4. The van der Waals surface area contributed by atoms with Crippen LogP contribution in [0, 0.1) is 26.0 Å². The minimum Gasteiger partial charge on any atom is -0.474 e. The highest BCUT2D eigenvalue weighted by atomic mass is 19.1. The van der Waals surface area contributed by atoms with Gasteiger partial charge in [-0.2, -0.15) is 0 Å². The predicted octanol–water partition coefficient (Wildman–Crippen LogP) is 4.81. The Bertz CT molecular complexity index is 977. The Morgan fingerprint density at radius 2 is 1.44 bits per heavy atom. The summed E-state index contributed by atoms with van der Waals surface area (Å²) < 4.78 is 19.1. The van der Waals surface area contributed by atoms with Gasteiger partial charge in [0.25, 0.3) is 5.69 Å². The Morgan fingerprint density at radius 3 is 2.04 bits per heavy atom. The van der Waals surface area contributed by atoms with E-state index in [0.29, 0.717) is 11.1 Å². The molecule has 0 aliphatic carbocycles. The van der Waals surface area contributed by atoms with Gasteiger partial charge in [0.1, 0.15) is 11.9 Å². The monoisotopic (exact) mass is 368 g/mol. The number of halogens is 1. The molecule has 7 nitrogen and oxygen atoms in total. The molecule has 0 aliphatic rings. The van der Waals surface area contributed by atoms with Gasteiger partial charge in [-0.1, -0.05) is 42.5 Å². The lowest BCUT2D eigenvalue weighted by atomic mass is 10.0. The number of benzene rings is 3. The second-order valence-corrected chi connectivity index (χ2v) is 5.63. The van der Waals surface area contributed by atoms with Crippen molar-refractivity contribution < 1.29 is 19.0 Å². The fourth-order valence-electron chi connectivity index (χ4n) is 2.58. The highest BCUT2D eigenvalue weighted by molar-refractivity contribution is 5.54. The molecule has 1 atom stereocenters. The second kappa shape index (κ2) is 7.61. The van der Waals surface area contributed by atoms with Gasteiger partial charge in [0, 0.05) is 6.07 Å². The first-order valence-corrected chi connectivity index (χ1v) is 7.85. The summed E-state index contributed by atoms with van der Waals surface area (Å²) in [4.78, 5) is 20.8. The van der Waals surface area contributed by atoms with Gasteiger partial charge in [0.05, 0.1) is 15.9 Å². The molecule has 1 unspecified atom stereocenters. The third kappa shape index (κ3) is 4.06.